The number of carbonyl (C=O) groups excluding carboxylic acids is 1. The van der Waals surface area contributed by atoms with E-state index >= 15 is 0 Å². The van der Waals surface area contributed by atoms with Crippen LogP contribution in [0.25, 0.3) is 0 Å². The largest absolute Gasteiger partial charge is 0.444 e. The molecule has 0 radical (unpaired) electrons. The minimum Gasteiger partial charge on any atom is -0.444 e. The van der Waals surface area contributed by atoms with Crippen LogP contribution in [0.1, 0.15) is 40.0 Å². The second kappa shape index (κ2) is 4.33. The molecule has 0 aromatic rings. The number of amides is 1. The van der Waals surface area contributed by atoms with E-state index in [1.807, 2.05) is 0 Å². The Labute approximate surface area is 105 Å². The fourth-order valence-corrected chi connectivity index (χ4v) is 2.44. The number of rotatable bonds is 2. The smallest absolute Gasteiger partial charge is 0.410 e. The molecule has 104 valence electrons. The van der Waals surface area contributed by atoms with Crippen LogP contribution in [-0.4, -0.2) is 41.4 Å². The summed E-state index contributed by atoms with van der Waals surface area (Å²) < 4.78 is 34.2. The van der Waals surface area contributed by atoms with Gasteiger partial charge in [-0.3, -0.25) is 4.90 Å². The summed E-state index contributed by atoms with van der Waals surface area (Å²) in [7, 11) is 0. The second-order valence-corrected chi connectivity index (χ2v) is 6.04. The second-order valence-electron chi connectivity index (χ2n) is 6.04. The Hall–Kier alpha value is -0.910. The minimum absolute atomic E-state index is 0.194. The molecule has 1 saturated heterocycles. The molecule has 2 rings (SSSR count). The van der Waals surface area contributed by atoms with E-state index in [9.17, 15) is 13.6 Å². The fraction of sp³-hybridized carbons (Fsp3) is 0.917. The van der Waals surface area contributed by atoms with E-state index in [0.717, 1.165) is 12.8 Å². The van der Waals surface area contributed by atoms with Crippen LogP contribution in [0, 0.1) is 0 Å². The molecular weight excluding hydrogens is 244 g/mol. The maximum Gasteiger partial charge on any atom is 0.410 e. The van der Waals surface area contributed by atoms with Gasteiger partial charge in [0.05, 0.1) is 12.6 Å². The Kier molecular flexibility index (Phi) is 3.25. The van der Waals surface area contributed by atoms with Crippen molar-refractivity contribution in [3.05, 3.63) is 0 Å². The molecule has 1 spiro atoms. The van der Waals surface area contributed by atoms with Crippen LogP contribution >= 0.6 is 0 Å². The number of hydrogen-bond acceptors (Lipinski definition) is 3. The third-order valence-corrected chi connectivity index (χ3v) is 3.30. The first kappa shape index (κ1) is 13.5. The lowest BCUT2D eigenvalue weighted by Gasteiger charge is -2.28. The van der Waals surface area contributed by atoms with Crippen LogP contribution in [0.3, 0.4) is 0 Å². The van der Waals surface area contributed by atoms with Crippen molar-refractivity contribution >= 4 is 6.09 Å². The quantitative estimate of drug-likeness (QED) is 0.769. The number of halogens is 2. The fourth-order valence-electron chi connectivity index (χ4n) is 2.44. The monoisotopic (exact) mass is 263 g/mol. The average molecular weight is 263 g/mol. The lowest BCUT2D eigenvalue weighted by Crippen LogP contribution is -2.41. The first-order valence-electron chi connectivity index (χ1n) is 6.16. The highest BCUT2D eigenvalue weighted by Gasteiger charge is 2.57. The Morgan fingerprint density at radius 1 is 1.39 bits per heavy atom. The zero-order valence-corrected chi connectivity index (χ0v) is 10.9. The zero-order chi connectivity index (χ0) is 13.6. The number of nitrogens with zero attached hydrogens (tertiary/aromatic N) is 1. The summed E-state index contributed by atoms with van der Waals surface area (Å²) in [5, 5.41) is 0. The van der Waals surface area contributed by atoms with Gasteiger partial charge >= 0.3 is 12.7 Å². The predicted molar refractivity (Wildman–Crippen MR) is 60.4 cm³/mol. The zero-order valence-electron chi connectivity index (χ0n) is 10.9. The lowest BCUT2D eigenvalue weighted by atomic mass is 10.2. The highest BCUT2D eigenvalue weighted by Crippen LogP contribution is 2.50. The van der Waals surface area contributed by atoms with Crippen LogP contribution in [0.2, 0.25) is 0 Å². The Bertz CT molecular complexity index is 337. The summed E-state index contributed by atoms with van der Waals surface area (Å²) in [5.74, 6) is 0. The minimum atomic E-state index is -2.79. The van der Waals surface area contributed by atoms with Crippen molar-refractivity contribution in [3.63, 3.8) is 0 Å². The number of hydrogen-bond donors (Lipinski definition) is 0. The topological polar surface area (TPSA) is 38.8 Å². The van der Waals surface area contributed by atoms with Crippen molar-refractivity contribution in [2.45, 2.75) is 63.9 Å². The van der Waals surface area contributed by atoms with Crippen molar-refractivity contribution in [1.29, 1.82) is 0 Å². The lowest BCUT2D eigenvalue weighted by molar-refractivity contribution is -0.158. The molecule has 1 atom stereocenters. The van der Waals surface area contributed by atoms with Gasteiger partial charge in [0, 0.05) is 5.54 Å². The molecule has 0 aromatic carbocycles. The van der Waals surface area contributed by atoms with Crippen molar-refractivity contribution in [1.82, 2.24) is 4.90 Å². The summed E-state index contributed by atoms with van der Waals surface area (Å²) in [6, 6.07) is 0. The normalized spacial score (nSPS) is 25.9. The summed E-state index contributed by atoms with van der Waals surface area (Å²) in [6.07, 6.45) is 1.15. The molecule has 2 fully saturated rings. The maximum atomic E-state index is 12.2. The van der Waals surface area contributed by atoms with Crippen LogP contribution in [0.5, 0.6) is 0 Å². The van der Waals surface area contributed by atoms with Gasteiger partial charge in [-0.1, -0.05) is 0 Å². The van der Waals surface area contributed by atoms with Crippen molar-refractivity contribution < 1.29 is 23.0 Å². The Balaban J connectivity index is 1.98. The summed E-state index contributed by atoms with van der Waals surface area (Å²) in [4.78, 5) is 13.6. The summed E-state index contributed by atoms with van der Waals surface area (Å²) >= 11 is 0. The van der Waals surface area contributed by atoms with Gasteiger partial charge in [0.1, 0.15) is 5.60 Å². The maximum absolute atomic E-state index is 12.2. The molecule has 1 heterocycles. The molecule has 1 aliphatic heterocycles. The van der Waals surface area contributed by atoms with Gasteiger partial charge in [-0.2, -0.15) is 8.78 Å². The molecule has 1 aliphatic carbocycles. The predicted octanol–water partition coefficient (Wildman–Crippen LogP) is 2.77. The van der Waals surface area contributed by atoms with Gasteiger partial charge in [-0.25, -0.2) is 4.79 Å². The van der Waals surface area contributed by atoms with E-state index in [1.165, 1.54) is 0 Å². The van der Waals surface area contributed by atoms with Crippen LogP contribution < -0.4 is 0 Å². The van der Waals surface area contributed by atoms with Crippen LogP contribution in [0.4, 0.5) is 13.6 Å². The van der Waals surface area contributed by atoms with Gasteiger partial charge in [0.25, 0.3) is 0 Å². The number of alkyl halides is 2. The third kappa shape index (κ3) is 2.91. The molecule has 2 aliphatic rings. The summed E-state index contributed by atoms with van der Waals surface area (Å²) in [5.41, 5.74) is -0.864. The van der Waals surface area contributed by atoms with Crippen LogP contribution in [-0.2, 0) is 9.47 Å². The van der Waals surface area contributed by atoms with Crippen molar-refractivity contribution in [2.75, 3.05) is 6.54 Å². The van der Waals surface area contributed by atoms with Gasteiger partial charge in [0.15, 0.2) is 0 Å². The molecule has 6 heteroatoms. The molecule has 1 amide bonds. The van der Waals surface area contributed by atoms with E-state index in [-0.39, 0.29) is 12.1 Å². The van der Waals surface area contributed by atoms with Crippen molar-refractivity contribution in [2.24, 2.45) is 0 Å². The van der Waals surface area contributed by atoms with E-state index in [0.29, 0.717) is 6.42 Å². The third-order valence-electron chi connectivity index (χ3n) is 3.30. The molecule has 0 aromatic heterocycles. The number of carbonyl (C=O) groups is 1. The van der Waals surface area contributed by atoms with E-state index in [1.54, 1.807) is 25.7 Å². The Morgan fingerprint density at radius 3 is 2.44 bits per heavy atom. The standard InChI is InChI=1S/C12H19F2NO3/c1-11(2,3)18-10(16)15-7-8(17-9(13)14)6-12(15)4-5-12/h8-9H,4-7H2,1-3H3/t8-/m1/s1. The average Bonchev–Trinajstić information content (AvgIpc) is 2.80. The molecule has 4 nitrogen and oxygen atoms in total. The molecular formula is C12H19F2NO3. The molecule has 0 unspecified atom stereocenters. The molecule has 18 heavy (non-hydrogen) atoms. The SMILES string of the molecule is CC(C)(C)OC(=O)N1C[C@H](OC(F)F)CC12CC2. The highest BCUT2D eigenvalue weighted by atomic mass is 19.3. The van der Waals surface area contributed by atoms with E-state index in [2.05, 4.69) is 4.74 Å². The molecule has 0 bridgehead atoms. The molecule has 1 saturated carbocycles. The first-order chi connectivity index (χ1) is 8.22. The van der Waals surface area contributed by atoms with Crippen LogP contribution in [0.15, 0.2) is 0 Å². The molecule has 0 N–H and O–H groups in total. The van der Waals surface area contributed by atoms with Crippen molar-refractivity contribution in [3.8, 4) is 0 Å². The Morgan fingerprint density at radius 2 is 2.00 bits per heavy atom. The van der Waals surface area contributed by atoms with Gasteiger partial charge in [-0.05, 0) is 40.0 Å². The van der Waals surface area contributed by atoms with Gasteiger partial charge in [0.2, 0.25) is 0 Å². The summed E-state index contributed by atoms with van der Waals surface area (Å²) in [6.45, 7) is 2.76. The number of likely N-dealkylation sites (tertiary alicyclic amines) is 1. The van der Waals surface area contributed by atoms with Gasteiger partial charge < -0.3 is 9.47 Å². The van der Waals surface area contributed by atoms with E-state index < -0.39 is 24.4 Å². The number of ether oxygens (including phenoxy) is 2. The van der Waals surface area contributed by atoms with E-state index in [4.69, 9.17) is 4.74 Å². The first-order valence-corrected chi connectivity index (χ1v) is 6.16. The highest BCUT2D eigenvalue weighted by molar-refractivity contribution is 5.70. The van der Waals surface area contributed by atoms with Gasteiger partial charge in [-0.15, -0.1) is 0 Å².